The summed E-state index contributed by atoms with van der Waals surface area (Å²) in [7, 11) is 0. The van der Waals surface area contributed by atoms with Gasteiger partial charge in [-0.25, -0.2) is 4.79 Å². The van der Waals surface area contributed by atoms with Crippen LogP contribution in [0.2, 0.25) is 0 Å². The molecule has 0 saturated heterocycles. The molecule has 38 heavy (non-hydrogen) atoms. The Morgan fingerprint density at radius 2 is 0.500 bits per heavy atom. The van der Waals surface area contributed by atoms with Gasteiger partial charge in [0.25, 0.3) is 0 Å². The molecule has 0 aliphatic carbocycles. The van der Waals surface area contributed by atoms with Crippen molar-refractivity contribution in [3.8, 4) is 0 Å². The van der Waals surface area contributed by atoms with Crippen LogP contribution in [0.15, 0.2) is 0 Å². The minimum atomic E-state index is -0.472. The van der Waals surface area contributed by atoms with Gasteiger partial charge in [-0.3, -0.25) is 0 Å². The highest BCUT2D eigenvalue weighted by molar-refractivity contribution is 5.59. The molecule has 0 aromatic carbocycles. The lowest BCUT2D eigenvalue weighted by molar-refractivity contribution is 0.0529. The van der Waals surface area contributed by atoms with Crippen LogP contribution in [0.5, 0.6) is 0 Å². The maximum atomic E-state index is 11.7. The highest BCUT2D eigenvalue weighted by Crippen LogP contribution is 2.15. The van der Waals surface area contributed by atoms with Crippen molar-refractivity contribution in [1.29, 1.82) is 0 Å². The van der Waals surface area contributed by atoms with E-state index in [2.05, 4.69) is 13.8 Å². The van der Waals surface area contributed by atoms with E-state index in [1.807, 2.05) is 0 Å². The number of hydrogen-bond acceptors (Lipinski definition) is 3. The van der Waals surface area contributed by atoms with Gasteiger partial charge in [0, 0.05) is 0 Å². The molecule has 0 unspecified atom stereocenters. The third-order valence-corrected chi connectivity index (χ3v) is 7.94. The molecular weight excluding hydrogens is 468 g/mol. The maximum Gasteiger partial charge on any atom is 0.508 e. The molecule has 0 aromatic rings. The van der Waals surface area contributed by atoms with Crippen LogP contribution in [0, 0.1) is 0 Å². The molecular formula is C35H70O3. The van der Waals surface area contributed by atoms with Crippen molar-refractivity contribution in [1.82, 2.24) is 0 Å². The molecule has 0 amide bonds. The first kappa shape index (κ1) is 37.3. The summed E-state index contributed by atoms with van der Waals surface area (Å²) in [5.41, 5.74) is 0. The van der Waals surface area contributed by atoms with Crippen molar-refractivity contribution in [2.45, 2.75) is 206 Å². The molecule has 3 nitrogen and oxygen atoms in total. The van der Waals surface area contributed by atoms with Gasteiger partial charge < -0.3 is 9.47 Å². The third kappa shape index (κ3) is 33.3. The first-order valence-electron chi connectivity index (χ1n) is 17.6. The summed E-state index contributed by atoms with van der Waals surface area (Å²) in [5.74, 6) is 0. The molecule has 0 heterocycles. The zero-order valence-corrected chi connectivity index (χ0v) is 26.4. The molecule has 0 aliphatic heterocycles. The van der Waals surface area contributed by atoms with E-state index in [0.717, 1.165) is 25.7 Å². The molecule has 0 rings (SSSR count). The van der Waals surface area contributed by atoms with Gasteiger partial charge in [0.1, 0.15) is 0 Å². The van der Waals surface area contributed by atoms with Crippen molar-refractivity contribution >= 4 is 6.16 Å². The SMILES string of the molecule is CCCCCCCCCCCCCCCCCOC(=O)OCCCCCCCCCCCCCCCCC. The van der Waals surface area contributed by atoms with Crippen LogP contribution in [0.25, 0.3) is 0 Å². The Morgan fingerprint density at radius 3 is 0.711 bits per heavy atom. The molecule has 0 N–H and O–H groups in total. The van der Waals surface area contributed by atoms with Crippen LogP contribution < -0.4 is 0 Å². The molecule has 0 atom stereocenters. The Kier molecular flexibility index (Phi) is 33.6. The summed E-state index contributed by atoms with van der Waals surface area (Å²) in [5, 5.41) is 0. The predicted octanol–water partition coefficient (Wildman–Crippen LogP) is 12.9. The van der Waals surface area contributed by atoms with Crippen molar-refractivity contribution in [3.05, 3.63) is 0 Å². The summed E-state index contributed by atoms with van der Waals surface area (Å²) in [4.78, 5) is 11.7. The zero-order valence-electron chi connectivity index (χ0n) is 26.4. The second-order valence-corrected chi connectivity index (χ2v) is 11.8. The summed E-state index contributed by atoms with van der Waals surface area (Å²) in [6, 6.07) is 0. The van der Waals surface area contributed by atoms with Crippen LogP contribution in [-0.2, 0) is 9.47 Å². The molecule has 228 valence electrons. The van der Waals surface area contributed by atoms with Crippen LogP contribution in [0.1, 0.15) is 206 Å². The number of carbonyl (C=O) groups excluding carboxylic acids is 1. The highest BCUT2D eigenvalue weighted by Gasteiger charge is 2.03. The molecule has 3 heteroatoms. The zero-order chi connectivity index (χ0) is 27.6. The van der Waals surface area contributed by atoms with E-state index in [-0.39, 0.29) is 0 Å². The van der Waals surface area contributed by atoms with E-state index < -0.39 is 6.16 Å². The van der Waals surface area contributed by atoms with Gasteiger partial charge in [-0.15, -0.1) is 0 Å². The minimum Gasteiger partial charge on any atom is -0.434 e. The second-order valence-electron chi connectivity index (χ2n) is 11.8. The molecule has 0 bridgehead atoms. The summed E-state index contributed by atoms with van der Waals surface area (Å²) in [6.45, 7) is 5.59. The molecule has 0 saturated carbocycles. The fraction of sp³-hybridized carbons (Fsp3) is 0.971. The summed E-state index contributed by atoms with van der Waals surface area (Å²) in [6.07, 6.45) is 39.9. The van der Waals surface area contributed by atoms with E-state index in [1.165, 1.54) is 167 Å². The minimum absolute atomic E-state index is 0.472. The lowest BCUT2D eigenvalue weighted by Gasteiger charge is -2.07. The Bertz CT molecular complexity index is 399. The maximum absolute atomic E-state index is 11.7. The van der Waals surface area contributed by atoms with Crippen molar-refractivity contribution in [2.75, 3.05) is 13.2 Å². The monoisotopic (exact) mass is 539 g/mol. The van der Waals surface area contributed by atoms with E-state index in [0.29, 0.717) is 13.2 Å². The quantitative estimate of drug-likeness (QED) is 0.0631. The van der Waals surface area contributed by atoms with Crippen molar-refractivity contribution < 1.29 is 14.3 Å². The van der Waals surface area contributed by atoms with Gasteiger partial charge >= 0.3 is 6.16 Å². The summed E-state index contributed by atoms with van der Waals surface area (Å²) < 4.78 is 10.4. The van der Waals surface area contributed by atoms with Gasteiger partial charge in [0.15, 0.2) is 0 Å². The van der Waals surface area contributed by atoms with Gasteiger partial charge in [-0.05, 0) is 12.8 Å². The standard InChI is InChI=1S/C35H70O3/c1-3-5-7-9-11-13-15-17-19-21-23-25-27-29-31-33-37-35(36)38-34-32-30-28-26-24-22-20-18-16-14-12-10-8-6-4-2/h3-34H2,1-2H3. The molecule has 0 radical (unpaired) electrons. The molecule has 0 fully saturated rings. The van der Waals surface area contributed by atoms with Crippen molar-refractivity contribution in [3.63, 3.8) is 0 Å². The number of rotatable bonds is 32. The number of hydrogen-bond donors (Lipinski definition) is 0. The third-order valence-electron chi connectivity index (χ3n) is 7.94. The molecule has 0 aromatic heterocycles. The number of carbonyl (C=O) groups is 1. The largest absolute Gasteiger partial charge is 0.508 e. The fourth-order valence-corrected chi connectivity index (χ4v) is 5.30. The highest BCUT2D eigenvalue weighted by atomic mass is 16.7. The number of ether oxygens (including phenoxy) is 2. The second kappa shape index (κ2) is 34.3. The average molecular weight is 539 g/mol. The topological polar surface area (TPSA) is 35.5 Å². The predicted molar refractivity (Wildman–Crippen MR) is 167 cm³/mol. The first-order chi connectivity index (χ1) is 18.8. The molecule has 0 aliphatic rings. The Balaban J connectivity index is 3.14. The smallest absolute Gasteiger partial charge is 0.434 e. The lowest BCUT2D eigenvalue weighted by atomic mass is 10.0. The van der Waals surface area contributed by atoms with E-state index in [1.54, 1.807) is 0 Å². The Labute approximate surface area is 240 Å². The van der Waals surface area contributed by atoms with Gasteiger partial charge in [-0.1, -0.05) is 194 Å². The van der Waals surface area contributed by atoms with Crippen LogP contribution in [-0.4, -0.2) is 19.4 Å². The van der Waals surface area contributed by atoms with E-state index >= 15 is 0 Å². The van der Waals surface area contributed by atoms with Crippen LogP contribution in [0.3, 0.4) is 0 Å². The molecule has 0 spiro atoms. The van der Waals surface area contributed by atoms with E-state index in [4.69, 9.17) is 9.47 Å². The van der Waals surface area contributed by atoms with Crippen molar-refractivity contribution in [2.24, 2.45) is 0 Å². The average Bonchev–Trinajstić information content (AvgIpc) is 2.92. The number of unbranched alkanes of at least 4 members (excludes halogenated alkanes) is 28. The van der Waals surface area contributed by atoms with Gasteiger partial charge in [-0.2, -0.15) is 0 Å². The van der Waals surface area contributed by atoms with Gasteiger partial charge in [0.2, 0.25) is 0 Å². The fourth-order valence-electron chi connectivity index (χ4n) is 5.30. The van der Waals surface area contributed by atoms with E-state index in [9.17, 15) is 4.79 Å². The lowest BCUT2D eigenvalue weighted by Crippen LogP contribution is -2.09. The van der Waals surface area contributed by atoms with Crippen LogP contribution in [0.4, 0.5) is 4.79 Å². The first-order valence-corrected chi connectivity index (χ1v) is 17.6. The summed E-state index contributed by atoms with van der Waals surface area (Å²) >= 11 is 0. The Hall–Kier alpha value is -0.730. The Morgan fingerprint density at radius 1 is 0.316 bits per heavy atom. The van der Waals surface area contributed by atoms with Crippen LogP contribution >= 0.6 is 0 Å². The normalized spacial score (nSPS) is 11.2. The van der Waals surface area contributed by atoms with Gasteiger partial charge in [0.05, 0.1) is 13.2 Å².